The molecule has 1 aromatic heterocycles. The van der Waals surface area contributed by atoms with Gasteiger partial charge >= 0.3 is 11.8 Å². The van der Waals surface area contributed by atoms with Crippen LogP contribution < -0.4 is 10.3 Å². The molecule has 1 aliphatic heterocycles. The lowest BCUT2D eigenvalue weighted by Gasteiger charge is -2.21. The summed E-state index contributed by atoms with van der Waals surface area (Å²) in [6.45, 7) is 1.72. The fourth-order valence-electron chi connectivity index (χ4n) is 2.74. The summed E-state index contributed by atoms with van der Waals surface area (Å²) in [7, 11) is 1.31. The third-order valence-electron chi connectivity index (χ3n) is 3.91. The summed E-state index contributed by atoms with van der Waals surface area (Å²) in [5.74, 6) is -0.624. The molecule has 0 amide bonds. The normalized spacial score (nSPS) is 17.0. The Labute approximate surface area is 149 Å². The Hall–Kier alpha value is -2.73. The highest BCUT2D eigenvalue weighted by molar-refractivity contribution is 6.31. The number of hydrogen-bond donors (Lipinski definition) is 2. The summed E-state index contributed by atoms with van der Waals surface area (Å²) >= 11 is 6.31. The number of carbonyl (C=O) groups is 1. The predicted molar refractivity (Wildman–Crippen MR) is 91.3 cm³/mol. The number of aromatic nitrogens is 1. The van der Waals surface area contributed by atoms with Gasteiger partial charge in [0.2, 0.25) is 0 Å². The van der Waals surface area contributed by atoms with Gasteiger partial charge in [0.05, 0.1) is 7.11 Å². The van der Waals surface area contributed by atoms with E-state index in [1.807, 2.05) is 6.07 Å². The van der Waals surface area contributed by atoms with Gasteiger partial charge in [-0.15, -0.1) is 0 Å². The number of nitrogens with zero attached hydrogens (tertiary/aromatic N) is 1. The van der Waals surface area contributed by atoms with Crippen molar-refractivity contribution in [2.75, 3.05) is 7.11 Å². The Morgan fingerprint density at radius 2 is 2.08 bits per heavy atom. The number of ether oxygens (including phenoxy) is 1. The SMILES string of the molecule is COC(=O)C1=C(C)NC(c2ncccc2F)=[NH+]C1c1ccccc1Cl. The second-order valence-corrected chi connectivity index (χ2v) is 5.87. The first-order valence-corrected chi connectivity index (χ1v) is 7.95. The predicted octanol–water partition coefficient (Wildman–Crippen LogP) is 1.49. The number of nitrogens with one attached hydrogen (secondary N) is 2. The number of pyridine rings is 1. The average molecular weight is 361 g/mol. The smallest absolute Gasteiger partial charge is 0.342 e. The van der Waals surface area contributed by atoms with Crippen LogP contribution in [0.4, 0.5) is 4.39 Å². The molecule has 3 rings (SSSR count). The van der Waals surface area contributed by atoms with Gasteiger partial charge in [0.25, 0.3) is 0 Å². The van der Waals surface area contributed by atoms with E-state index in [4.69, 9.17) is 16.3 Å². The van der Waals surface area contributed by atoms with E-state index >= 15 is 0 Å². The minimum absolute atomic E-state index is 0.128. The van der Waals surface area contributed by atoms with Gasteiger partial charge in [0, 0.05) is 16.8 Å². The van der Waals surface area contributed by atoms with Crippen molar-refractivity contribution in [1.29, 1.82) is 0 Å². The van der Waals surface area contributed by atoms with E-state index in [2.05, 4.69) is 15.3 Å². The number of esters is 1. The highest BCUT2D eigenvalue weighted by Crippen LogP contribution is 2.28. The molecule has 0 aliphatic carbocycles. The molecule has 1 aliphatic rings. The molecule has 0 saturated carbocycles. The van der Waals surface area contributed by atoms with Crippen molar-refractivity contribution in [2.45, 2.75) is 13.0 Å². The van der Waals surface area contributed by atoms with Crippen LogP contribution in [0.15, 0.2) is 53.9 Å². The lowest BCUT2D eigenvalue weighted by atomic mass is 9.95. The standard InChI is InChI=1S/C18H15ClFN3O2/c1-10-14(18(24)25-2)15(11-6-3-4-7-12(11)19)23-17(22-10)16-13(20)8-5-9-21-16/h3-9,15H,1-2H3,(H,22,23)/p+1. The highest BCUT2D eigenvalue weighted by Gasteiger charge is 2.36. The molecule has 1 aromatic carbocycles. The Morgan fingerprint density at radius 3 is 2.76 bits per heavy atom. The van der Waals surface area contributed by atoms with E-state index < -0.39 is 17.8 Å². The molecule has 1 unspecified atom stereocenters. The van der Waals surface area contributed by atoms with Gasteiger partial charge in [0.1, 0.15) is 11.3 Å². The molecule has 2 aromatic rings. The first kappa shape index (κ1) is 17.1. The molecular weight excluding hydrogens is 345 g/mol. The molecule has 1 atom stereocenters. The van der Waals surface area contributed by atoms with Crippen LogP contribution in [-0.4, -0.2) is 23.9 Å². The van der Waals surface area contributed by atoms with Crippen molar-refractivity contribution in [3.05, 3.63) is 76.0 Å². The first-order valence-electron chi connectivity index (χ1n) is 7.57. The fraction of sp³-hybridized carbons (Fsp3) is 0.167. The minimum Gasteiger partial charge on any atom is -0.465 e. The number of rotatable bonds is 3. The number of hydrogen-bond acceptors (Lipinski definition) is 4. The van der Waals surface area contributed by atoms with Crippen LogP contribution in [0.1, 0.15) is 24.2 Å². The Balaban J connectivity index is 2.16. The van der Waals surface area contributed by atoms with Crippen molar-refractivity contribution < 1.29 is 18.9 Å². The van der Waals surface area contributed by atoms with Crippen LogP contribution in [0.3, 0.4) is 0 Å². The third-order valence-corrected chi connectivity index (χ3v) is 4.25. The molecule has 0 saturated heterocycles. The monoisotopic (exact) mass is 360 g/mol. The van der Waals surface area contributed by atoms with E-state index in [1.54, 1.807) is 25.1 Å². The average Bonchev–Trinajstić information content (AvgIpc) is 2.61. The first-order chi connectivity index (χ1) is 12.0. The number of halogens is 2. The lowest BCUT2D eigenvalue weighted by Crippen LogP contribution is -2.80. The van der Waals surface area contributed by atoms with E-state index in [9.17, 15) is 9.18 Å². The van der Waals surface area contributed by atoms with E-state index in [1.165, 1.54) is 25.4 Å². The molecule has 25 heavy (non-hydrogen) atoms. The van der Waals surface area contributed by atoms with E-state index in [0.717, 1.165) is 0 Å². The minimum atomic E-state index is -0.598. The maximum Gasteiger partial charge on any atom is 0.342 e. The van der Waals surface area contributed by atoms with Crippen molar-refractivity contribution in [2.24, 2.45) is 0 Å². The molecule has 0 radical (unpaired) electrons. The molecule has 7 heteroatoms. The summed E-state index contributed by atoms with van der Waals surface area (Å²) in [5.41, 5.74) is 1.72. The van der Waals surface area contributed by atoms with Crippen LogP contribution in [0.5, 0.6) is 0 Å². The van der Waals surface area contributed by atoms with Crippen molar-refractivity contribution in [1.82, 2.24) is 10.3 Å². The van der Waals surface area contributed by atoms with Gasteiger partial charge in [0.15, 0.2) is 17.6 Å². The topological polar surface area (TPSA) is 65.2 Å². The van der Waals surface area contributed by atoms with Gasteiger partial charge < -0.3 is 4.74 Å². The number of benzene rings is 1. The molecule has 0 spiro atoms. The summed E-state index contributed by atoms with van der Waals surface area (Å²) < 4.78 is 19.0. The Morgan fingerprint density at radius 1 is 1.32 bits per heavy atom. The summed E-state index contributed by atoms with van der Waals surface area (Å²) in [4.78, 5) is 19.5. The highest BCUT2D eigenvalue weighted by atomic mass is 35.5. The molecule has 5 nitrogen and oxygen atoms in total. The number of allylic oxidation sites excluding steroid dienone is 1. The van der Waals surface area contributed by atoms with Crippen molar-refractivity contribution in [3.8, 4) is 0 Å². The van der Waals surface area contributed by atoms with Crippen LogP contribution in [-0.2, 0) is 9.53 Å². The second kappa shape index (κ2) is 7.03. The summed E-state index contributed by atoms with van der Waals surface area (Å²) in [5, 5.41) is 3.48. The Kier molecular flexibility index (Phi) is 4.81. The third kappa shape index (κ3) is 3.25. The van der Waals surface area contributed by atoms with Gasteiger partial charge in [-0.2, -0.15) is 0 Å². The largest absolute Gasteiger partial charge is 0.465 e. The zero-order valence-corrected chi connectivity index (χ0v) is 14.4. The van der Waals surface area contributed by atoms with Gasteiger partial charge in [-0.3, -0.25) is 4.99 Å². The zero-order valence-electron chi connectivity index (χ0n) is 13.6. The maximum absolute atomic E-state index is 14.1. The van der Waals surface area contributed by atoms with Crippen LogP contribution in [0, 0.1) is 5.82 Å². The van der Waals surface area contributed by atoms with Crippen molar-refractivity contribution >= 4 is 23.4 Å². The maximum atomic E-state index is 14.1. The molecule has 0 bridgehead atoms. The van der Waals surface area contributed by atoms with Gasteiger partial charge in [-0.05, 0) is 25.1 Å². The zero-order chi connectivity index (χ0) is 18.0. The number of amidine groups is 1. The quantitative estimate of drug-likeness (QED) is 0.814. The lowest BCUT2D eigenvalue weighted by molar-refractivity contribution is -0.501. The molecule has 2 heterocycles. The fourth-order valence-corrected chi connectivity index (χ4v) is 2.99. The number of carbonyl (C=O) groups excluding carboxylic acids is 1. The van der Waals surface area contributed by atoms with Gasteiger partial charge in [-0.1, -0.05) is 29.8 Å². The van der Waals surface area contributed by atoms with E-state index in [0.29, 0.717) is 27.7 Å². The molecule has 128 valence electrons. The van der Waals surface area contributed by atoms with E-state index in [-0.39, 0.29) is 5.69 Å². The summed E-state index contributed by atoms with van der Waals surface area (Å²) in [6.07, 6.45) is 1.49. The number of methoxy groups -OCH3 is 1. The second-order valence-electron chi connectivity index (χ2n) is 5.46. The summed E-state index contributed by atoms with van der Waals surface area (Å²) in [6, 6.07) is 9.37. The van der Waals surface area contributed by atoms with Crippen LogP contribution in [0.2, 0.25) is 5.02 Å². The Bertz CT molecular complexity index is 895. The van der Waals surface area contributed by atoms with Crippen LogP contribution >= 0.6 is 11.6 Å². The van der Waals surface area contributed by atoms with Gasteiger partial charge in [-0.25, -0.2) is 19.5 Å². The molecule has 0 fully saturated rings. The van der Waals surface area contributed by atoms with Crippen LogP contribution in [0.25, 0.3) is 0 Å². The molecular formula is C18H16ClFN3O2+. The van der Waals surface area contributed by atoms with Crippen molar-refractivity contribution in [3.63, 3.8) is 0 Å². The molecule has 2 N–H and O–H groups in total.